The minimum atomic E-state index is -0.837. The molecule has 21 heavy (non-hydrogen) atoms. The zero-order chi connectivity index (χ0) is 15.1. The van der Waals surface area contributed by atoms with Crippen molar-refractivity contribution >= 4 is 23.6 Å². The molecule has 0 radical (unpaired) electrons. The number of rotatable bonds is 7. The van der Waals surface area contributed by atoms with E-state index in [9.17, 15) is 9.59 Å². The molecule has 0 saturated heterocycles. The predicted molar refractivity (Wildman–Crippen MR) is 83.4 cm³/mol. The Morgan fingerprint density at radius 1 is 1.19 bits per heavy atom. The minimum Gasteiger partial charge on any atom is -0.481 e. The maximum absolute atomic E-state index is 12.1. The zero-order valence-corrected chi connectivity index (χ0v) is 12.8. The van der Waals surface area contributed by atoms with Crippen LogP contribution in [0.25, 0.3) is 0 Å². The molecule has 0 bridgehead atoms. The lowest BCUT2D eigenvalue weighted by molar-refractivity contribution is -0.139. The van der Waals surface area contributed by atoms with Gasteiger partial charge in [0.25, 0.3) is 0 Å². The van der Waals surface area contributed by atoms with Crippen LogP contribution in [0.3, 0.4) is 0 Å². The van der Waals surface area contributed by atoms with Gasteiger partial charge in [0.05, 0.1) is 12.0 Å². The fourth-order valence-corrected chi connectivity index (χ4v) is 3.70. The molecule has 0 spiro atoms. The Labute approximate surface area is 129 Å². The van der Waals surface area contributed by atoms with Crippen LogP contribution in [0.1, 0.15) is 38.5 Å². The molecule has 1 fully saturated rings. The van der Waals surface area contributed by atoms with Gasteiger partial charge in [-0.25, -0.2) is 0 Å². The Balaban J connectivity index is 1.78. The third-order valence-corrected chi connectivity index (χ3v) is 4.81. The monoisotopic (exact) mass is 307 g/mol. The largest absolute Gasteiger partial charge is 0.481 e. The first-order valence-electron chi connectivity index (χ1n) is 7.30. The summed E-state index contributed by atoms with van der Waals surface area (Å²) in [4.78, 5) is 24.2. The molecular formula is C16H21NO3S. The van der Waals surface area contributed by atoms with Gasteiger partial charge in [0.15, 0.2) is 0 Å². The number of carbonyl (C=O) groups excluding carboxylic acids is 1. The highest BCUT2D eigenvalue weighted by atomic mass is 32.2. The molecule has 1 aliphatic rings. The number of carboxylic acids is 1. The van der Waals surface area contributed by atoms with Crippen LogP contribution in [-0.2, 0) is 9.59 Å². The van der Waals surface area contributed by atoms with Gasteiger partial charge in [-0.05, 0) is 25.0 Å². The van der Waals surface area contributed by atoms with E-state index in [0.717, 1.165) is 30.6 Å². The van der Waals surface area contributed by atoms with Gasteiger partial charge in [-0.1, -0.05) is 31.0 Å². The number of carbonyl (C=O) groups is 2. The average molecular weight is 307 g/mol. The third kappa shape index (κ3) is 5.08. The van der Waals surface area contributed by atoms with Gasteiger partial charge in [-0.2, -0.15) is 0 Å². The predicted octanol–water partition coefficient (Wildman–Crippen LogP) is 3.07. The van der Waals surface area contributed by atoms with E-state index in [4.69, 9.17) is 5.11 Å². The summed E-state index contributed by atoms with van der Waals surface area (Å²) in [5.74, 6) is -0.170. The van der Waals surface area contributed by atoms with Gasteiger partial charge >= 0.3 is 5.97 Å². The molecule has 0 unspecified atom stereocenters. The van der Waals surface area contributed by atoms with Crippen molar-refractivity contribution in [3.05, 3.63) is 30.3 Å². The van der Waals surface area contributed by atoms with Crippen molar-refractivity contribution in [2.45, 2.75) is 49.0 Å². The van der Waals surface area contributed by atoms with Gasteiger partial charge in [0.1, 0.15) is 0 Å². The molecule has 0 atom stereocenters. The van der Waals surface area contributed by atoms with E-state index >= 15 is 0 Å². The molecule has 2 rings (SSSR count). The molecule has 0 heterocycles. The fourth-order valence-electron chi connectivity index (χ4n) is 2.82. The summed E-state index contributed by atoms with van der Waals surface area (Å²) in [6, 6.07) is 9.95. The quantitative estimate of drug-likeness (QED) is 0.760. The molecule has 1 aromatic rings. The summed E-state index contributed by atoms with van der Waals surface area (Å²) >= 11 is 1.64. The summed E-state index contributed by atoms with van der Waals surface area (Å²) < 4.78 is 0. The van der Waals surface area contributed by atoms with Crippen molar-refractivity contribution in [1.82, 2.24) is 5.32 Å². The number of carboxylic acid groups (broad SMARTS) is 1. The SMILES string of the molecule is O=C(O)CC1(NC(=O)CCSc2ccccc2)CCCC1. The summed E-state index contributed by atoms with van der Waals surface area (Å²) in [5.41, 5.74) is -0.514. The number of benzene rings is 1. The number of thioether (sulfide) groups is 1. The van der Waals surface area contributed by atoms with Crippen molar-refractivity contribution < 1.29 is 14.7 Å². The van der Waals surface area contributed by atoms with Crippen LogP contribution in [0.2, 0.25) is 0 Å². The van der Waals surface area contributed by atoms with E-state index in [1.54, 1.807) is 11.8 Å². The Hall–Kier alpha value is -1.49. The average Bonchev–Trinajstić information content (AvgIpc) is 2.87. The Morgan fingerprint density at radius 2 is 1.86 bits per heavy atom. The van der Waals surface area contributed by atoms with Crippen LogP contribution >= 0.6 is 11.8 Å². The molecule has 1 aromatic carbocycles. The summed E-state index contributed by atoms with van der Waals surface area (Å²) in [5, 5.41) is 12.0. The van der Waals surface area contributed by atoms with Crippen molar-refractivity contribution in [3.8, 4) is 0 Å². The maximum atomic E-state index is 12.1. The highest BCUT2D eigenvalue weighted by Gasteiger charge is 2.37. The molecule has 1 amide bonds. The summed E-state index contributed by atoms with van der Waals surface area (Å²) in [6.45, 7) is 0. The van der Waals surface area contributed by atoms with Crippen molar-refractivity contribution in [1.29, 1.82) is 0 Å². The van der Waals surface area contributed by atoms with Gasteiger partial charge < -0.3 is 10.4 Å². The molecule has 4 nitrogen and oxygen atoms in total. The van der Waals surface area contributed by atoms with Crippen molar-refractivity contribution in [2.24, 2.45) is 0 Å². The van der Waals surface area contributed by atoms with Crippen LogP contribution in [0.5, 0.6) is 0 Å². The van der Waals surface area contributed by atoms with E-state index in [0.29, 0.717) is 12.2 Å². The molecule has 1 saturated carbocycles. The van der Waals surface area contributed by atoms with E-state index < -0.39 is 11.5 Å². The summed E-state index contributed by atoms with van der Waals surface area (Å²) in [6.07, 6.45) is 3.98. The molecule has 114 valence electrons. The first-order valence-corrected chi connectivity index (χ1v) is 8.29. The highest BCUT2D eigenvalue weighted by molar-refractivity contribution is 7.99. The smallest absolute Gasteiger partial charge is 0.305 e. The lowest BCUT2D eigenvalue weighted by atomic mass is 9.93. The second-order valence-corrected chi connectivity index (χ2v) is 6.69. The molecular weight excluding hydrogens is 286 g/mol. The molecule has 5 heteroatoms. The number of nitrogens with one attached hydrogen (secondary N) is 1. The normalized spacial score (nSPS) is 16.6. The number of hydrogen-bond acceptors (Lipinski definition) is 3. The van der Waals surface area contributed by atoms with Gasteiger partial charge in [0.2, 0.25) is 5.91 Å². The lowest BCUT2D eigenvalue weighted by Crippen LogP contribution is -2.47. The second kappa shape index (κ2) is 7.50. The van der Waals surface area contributed by atoms with E-state index in [-0.39, 0.29) is 12.3 Å². The standard InChI is InChI=1S/C16H21NO3S/c18-14(8-11-21-13-6-2-1-3-7-13)17-16(12-15(19)20)9-4-5-10-16/h1-3,6-7H,4-5,8-12H2,(H,17,18)(H,19,20). The zero-order valence-electron chi connectivity index (χ0n) is 12.0. The number of amides is 1. The van der Waals surface area contributed by atoms with Crippen LogP contribution < -0.4 is 5.32 Å². The van der Waals surface area contributed by atoms with Crippen molar-refractivity contribution in [3.63, 3.8) is 0 Å². The van der Waals surface area contributed by atoms with Gasteiger partial charge in [0, 0.05) is 17.1 Å². The molecule has 2 N–H and O–H groups in total. The summed E-state index contributed by atoms with van der Waals surface area (Å²) in [7, 11) is 0. The highest BCUT2D eigenvalue weighted by Crippen LogP contribution is 2.32. The lowest BCUT2D eigenvalue weighted by Gasteiger charge is -2.28. The Kier molecular flexibility index (Phi) is 5.67. The first-order chi connectivity index (χ1) is 10.1. The van der Waals surface area contributed by atoms with Gasteiger partial charge in [-0.15, -0.1) is 11.8 Å². The molecule has 0 aromatic heterocycles. The first kappa shape index (κ1) is 15.9. The van der Waals surface area contributed by atoms with Crippen LogP contribution in [0.4, 0.5) is 0 Å². The number of aliphatic carboxylic acids is 1. The van der Waals surface area contributed by atoms with Crippen LogP contribution in [-0.4, -0.2) is 28.3 Å². The third-order valence-electron chi connectivity index (χ3n) is 3.80. The second-order valence-electron chi connectivity index (χ2n) is 5.52. The Morgan fingerprint density at radius 3 is 2.48 bits per heavy atom. The molecule has 1 aliphatic carbocycles. The van der Waals surface area contributed by atoms with Crippen LogP contribution in [0.15, 0.2) is 35.2 Å². The maximum Gasteiger partial charge on any atom is 0.305 e. The minimum absolute atomic E-state index is 0.0323. The van der Waals surface area contributed by atoms with E-state index in [1.165, 1.54) is 0 Å². The number of hydrogen-bond donors (Lipinski definition) is 2. The van der Waals surface area contributed by atoms with E-state index in [1.807, 2.05) is 30.3 Å². The fraction of sp³-hybridized carbons (Fsp3) is 0.500. The topological polar surface area (TPSA) is 66.4 Å². The van der Waals surface area contributed by atoms with E-state index in [2.05, 4.69) is 5.32 Å². The van der Waals surface area contributed by atoms with Crippen LogP contribution in [0, 0.1) is 0 Å². The Bertz CT molecular complexity index is 484. The van der Waals surface area contributed by atoms with Crippen molar-refractivity contribution in [2.75, 3.05) is 5.75 Å². The molecule has 0 aliphatic heterocycles. The van der Waals surface area contributed by atoms with Gasteiger partial charge in [-0.3, -0.25) is 9.59 Å².